The number of fused-ring (bicyclic) bond motifs is 1. The molecule has 3 nitrogen and oxygen atoms in total. The van der Waals surface area contributed by atoms with Gasteiger partial charge in [-0.25, -0.2) is 0 Å². The van der Waals surface area contributed by atoms with Gasteiger partial charge in [0.05, 0.1) is 25.4 Å². The number of aliphatic hydroxyl groups excluding tert-OH is 1. The van der Waals surface area contributed by atoms with Gasteiger partial charge in [0.25, 0.3) is 0 Å². The van der Waals surface area contributed by atoms with E-state index in [1.807, 2.05) is 18.2 Å². The summed E-state index contributed by atoms with van der Waals surface area (Å²) in [5.74, 6) is 1.70. The van der Waals surface area contributed by atoms with E-state index in [0.717, 1.165) is 31.6 Å². The van der Waals surface area contributed by atoms with E-state index in [4.69, 9.17) is 9.47 Å². The molecule has 0 saturated carbocycles. The first-order chi connectivity index (χ1) is 9.24. The molecule has 2 aliphatic heterocycles. The van der Waals surface area contributed by atoms with Gasteiger partial charge in [0.2, 0.25) is 0 Å². The van der Waals surface area contributed by atoms with Crippen LogP contribution in [-0.4, -0.2) is 30.5 Å². The van der Waals surface area contributed by atoms with E-state index in [9.17, 15) is 5.11 Å². The molecule has 1 N–H and O–H groups in total. The molecule has 1 aromatic carbocycles. The van der Waals surface area contributed by atoms with E-state index in [2.05, 4.69) is 13.0 Å². The van der Waals surface area contributed by atoms with Crippen molar-refractivity contribution in [3.05, 3.63) is 29.8 Å². The fourth-order valence-electron chi connectivity index (χ4n) is 3.26. The molecule has 1 aromatic rings. The van der Waals surface area contributed by atoms with Gasteiger partial charge in [-0.1, -0.05) is 18.2 Å². The zero-order valence-electron chi connectivity index (χ0n) is 11.4. The molecular weight excluding hydrogens is 240 g/mol. The molecule has 0 amide bonds. The van der Waals surface area contributed by atoms with Gasteiger partial charge in [-0.15, -0.1) is 0 Å². The lowest BCUT2D eigenvalue weighted by molar-refractivity contribution is 0.0676. The lowest BCUT2D eigenvalue weighted by Crippen LogP contribution is -2.25. The van der Waals surface area contributed by atoms with Crippen molar-refractivity contribution in [3.8, 4) is 5.75 Å². The van der Waals surface area contributed by atoms with Crippen molar-refractivity contribution >= 4 is 0 Å². The molecule has 2 heterocycles. The maximum absolute atomic E-state index is 10.4. The highest BCUT2D eigenvalue weighted by atomic mass is 16.5. The molecule has 0 aliphatic carbocycles. The minimum absolute atomic E-state index is 0.263. The van der Waals surface area contributed by atoms with E-state index in [1.54, 1.807) is 0 Å². The van der Waals surface area contributed by atoms with Gasteiger partial charge < -0.3 is 14.6 Å². The van der Waals surface area contributed by atoms with Crippen LogP contribution >= 0.6 is 0 Å². The van der Waals surface area contributed by atoms with E-state index < -0.39 is 0 Å². The number of aliphatic hydroxyl groups is 1. The molecule has 2 aliphatic rings. The number of ether oxygens (including phenoxy) is 2. The average molecular weight is 262 g/mol. The zero-order chi connectivity index (χ0) is 13.2. The Morgan fingerprint density at radius 1 is 1.37 bits per heavy atom. The number of rotatable bonds is 3. The second-order valence-electron chi connectivity index (χ2n) is 5.81. The number of hydrogen-bond acceptors (Lipinski definition) is 3. The Balaban J connectivity index is 1.67. The first-order valence-electron chi connectivity index (χ1n) is 7.25. The molecular formula is C16H22O3. The molecule has 0 spiro atoms. The van der Waals surface area contributed by atoms with Crippen molar-refractivity contribution in [1.82, 2.24) is 0 Å². The number of hydrogen-bond donors (Lipinski definition) is 1. The van der Waals surface area contributed by atoms with Crippen molar-refractivity contribution in [2.75, 3.05) is 13.2 Å². The quantitative estimate of drug-likeness (QED) is 0.910. The lowest BCUT2D eigenvalue weighted by Gasteiger charge is -2.29. The molecule has 4 unspecified atom stereocenters. The summed E-state index contributed by atoms with van der Waals surface area (Å²) in [5.41, 5.74) is 1.25. The molecule has 104 valence electrons. The third-order valence-corrected chi connectivity index (χ3v) is 4.38. The van der Waals surface area contributed by atoms with E-state index >= 15 is 0 Å². The molecule has 19 heavy (non-hydrogen) atoms. The van der Waals surface area contributed by atoms with Crippen LogP contribution in [0.2, 0.25) is 0 Å². The summed E-state index contributed by atoms with van der Waals surface area (Å²) in [6, 6.07) is 8.20. The molecule has 0 aromatic heterocycles. The zero-order valence-corrected chi connectivity index (χ0v) is 11.4. The molecule has 1 fully saturated rings. The molecule has 3 heteroatoms. The maximum Gasteiger partial charge on any atom is 0.122 e. The van der Waals surface area contributed by atoms with Crippen molar-refractivity contribution in [3.63, 3.8) is 0 Å². The van der Waals surface area contributed by atoms with Crippen LogP contribution in [0.3, 0.4) is 0 Å². The van der Waals surface area contributed by atoms with Crippen LogP contribution in [0.1, 0.15) is 37.7 Å². The Hall–Kier alpha value is -1.06. The molecule has 1 saturated heterocycles. The number of para-hydroxylation sites is 1. The highest BCUT2D eigenvalue weighted by Gasteiger charge is 2.31. The predicted octanol–water partition coefficient (Wildman–Crippen LogP) is 2.73. The maximum atomic E-state index is 10.4. The summed E-state index contributed by atoms with van der Waals surface area (Å²) in [7, 11) is 0. The summed E-state index contributed by atoms with van der Waals surface area (Å²) < 4.78 is 11.2. The van der Waals surface area contributed by atoms with Crippen LogP contribution in [0.25, 0.3) is 0 Å². The van der Waals surface area contributed by atoms with Gasteiger partial charge in [0.1, 0.15) is 5.75 Å². The Bertz CT molecular complexity index is 432. The Kier molecular flexibility index (Phi) is 3.76. The van der Waals surface area contributed by atoms with Crippen molar-refractivity contribution in [1.29, 1.82) is 0 Å². The fraction of sp³-hybridized carbons (Fsp3) is 0.625. The fourth-order valence-corrected chi connectivity index (χ4v) is 3.26. The summed E-state index contributed by atoms with van der Waals surface area (Å²) in [6.45, 7) is 3.54. The number of benzene rings is 1. The van der Waals surface area contributed by atoms with Gasteiger partial charge in [-0.05, 0) is 43.7 Å². The average Bonchev–Trinajstić information content (AvgIpc) is 2.86. The molecule has 0 bridgehead atoms. The van der Waals surface area contributed by atoms with E-state index in [1.165, 1.54) is 5.56 Å². The molecule has 4 atom stereocenters. The summed E-state index contributed by atoms with van der Waals surface area (Å²) in [4.78, 5) is 0. The van der Waals surface area contributed by atoms with Gasteiger partial charge in [0, 0.05) is 5.92 Å². The first-order valence-corrected chi connectivity index (χ1v) is 7.25. The van der Waals surface area contributed by atoms with Crippen molar-refractivity contribution in [2.24, 2.45) is 5.92 Å². The third kappa shape index (κ3) is 2.77. The molecule has 0 radical (unpaired) electrons. The largest absolute Gasteiger partial charge is 0.493 e. The van der Waals surface area contributed by atoms with Gasteiger partial charge in [0.15, 0.2) is 0 Å². The lowest BCUT2D eigenvalue weighted by atomic mass is 9.84. The Morgan fingerprint density at radius 2 is 2.21 bits per heavy atom. The smallest absolute Gasteiger partial charge is 0.122 e. The summed E-state index contributed by atoms with van der Waals surface area (Å²) in [6.07, 6.45) is 2.83. The van der Waals surface area contributed by atoms with Gasteiger partial charge in [-0.3, -0.25) is 0 Å². The van der Waals surface area contributed by atoms with Crippen LogP contribution in [-0.2, 0) is 4.74 Å². The summed E-state index contributed by atoms with van der Waals surface area (Å²) >= 11 is 0. The highest BCUT2D eigenvalue weighted by molar-refractivity contribution is 5.37. The third-order valence-electron chi connectivity index (χ3n) is 4.38. The van der Waals surface area contributed by atoms with Gasteiger partial charge >= 0.3 is 0 Å². The second kappa shape index (κ2) is 5.51. The topological polar surface area (TPSA) is 38.7 Å². The van der Waals surface area contributed by atoms with Gasteiger partial charge in [-0.2, -0.15) is 0 Å². The van der Waals surface area contributed by atoms with E-state index in [-0.39, 0.29) is 6.10 Å². The Morgan fingerprint density at radius 3 is 3.00 bits per heavy atom. The van der Waals surface area contributed by atoms with Crippen LogP contribution in [0.15, 0.2) is 24.3 Å². The van der Waals surface area contributed by atoms with Crippen molar-refractivity contribution in [2.45, 2.75) is 44.3 Å². The first kappa shape index (κ1) is 12.9. The second-order valence-corrected chi connectivity index (χ2v) is 5.81. The van der Waals surface area contributed by atoms with Crippen molar-refractivity contribution < 1.29 is 14.6 Å². The SMILES string of the molecule is CC1CC(C(O)CC2CCOc3ccccc32)CO1. The monoisotopic (exact) mass is 262 g/mol. The minimum atomic E-state index is -0.263. The van der Waals surface area contributed by atoms with Crippen LogP contribution in [0, 0.1) is 5.92 Å². The highest BCUT2D eigenvalue weighted by Crippen LogP contribution is 2.38. The Labute approximate surface area is 114 Å². The molecule has 3 rings (SSSR count). The van der Waals surface area contributed by atoms with Crippen LogP contribution in [0.4, 0.5) is 0 Å². The van der Waals surface area contributed by atoms with E-state index in [0.29, 0.717) is 24.5 Å². The summed E-state index contributed by atoms with van der Waals surface area (Å²) in [5, 5.41) is 10.4. The standard InChI is InChI=1S/C16H22O3/c1-11-8-13(10-19-11)15(17)9-12-6-7-18-16-5-3-2-4-14(12)16/h2-5,11-13,15,17H,6-10H2,1H3. The van der Waals surface area contributed by atoms with Crippen LogP contribution in [0.5, 0.6) is 5.75 Å². The predicted molar refractivity (Wildman–Crippen MR) is 73.4 cm³/mol. The normalized spacial score (nSPS) is 31.6. The minimum Gasteiger partial charge on any atom is -0.493 e. The van der Waals surface area contributed by atoms with Crippen LogP contribution < -0.4 is 4.74 Å².